The van der Waals surface area contributed by atoms with E-state index < -0.39 is 0 Å². The molecule has 1 amide bonds. The number of amides is 1. The molecule has 0 aromatic heterocycles. The molecule has 168 valence electrons. The molecule has 0 saturated carbocycles. The van der Waals surface area contributed by atoms with Crippen LogP contribution in [0.25, 0.3) is 0 Å². The van der Waals surface area contributed by atoms with Crippen LogP contribution in [-0.2, 0) is 11.3 Å². The third-order valence-electron chi connectivity index (χ3n) is 5.22. The van der Waals surface area contributed by atoms with Gasteiger partial charge in [-0.1, -0.05) is 48.5 Å². The summed E-state index contributed by atoms with van der Waals surface area (Å²) in [5.41, 5.74) is 3.41. The fourth-order valence-electron chi connectivity index (χ4n) is 3.74. The van der Waals surface area contributed by atoms with Crippen molar-refractivity contribution in [3.8, 4) is 0 Å². The van der Waals surface area contributed by atoms with Crippen LogP contribution in [-0.4, -0.2) is 50.0 Å². The lowest BCUT2D eigenvalue weighted by Crippen LogP contribution is -2.39. The van der Waals surface area contributed by atoms with Crippen LogP contribution in [0.15, 0.2) is 59.6 Å². The van der Waals surface area contributed by atoms with E-state index in [4.69, 9.17) is 4.99 Å². The molecule has 0 aliphatic carbocycles. The maximum Gasteiger partial charge on any atom is 0.225 e. The summed E-state index contributed by atoms with van der Waals surface area (Å²) < 4.78 is 0. The number of benzene rings is 2. The van der Waals surface area contributed by atoms with E-state index in [1.54, 1.807) is 0 Å². The third-order valence-corrected chi connectivity index (χ3v) is 5.22. The lowest BCUT2D eigenvalue weighted by molar-refractivity contribution is -0.116. The molecule has 1 atom stereocenters. The van der Waals surface area contributed by atoms with Gasteiger partial charge in [-0.3, -0.25) is 9.79 Å². The molecule has 0 fully saturated rings. The molecule has 0 spiro atoms. The molecular formula is C24H34IN5O. The normalized spacial score (nSPS) is 15.6. The van der Waals surface area contributed by atoms with Gasteiger partial charge in [0.1, 0.15) is 0 Å². The minimum absolute atomic E-state index is 0. The summed E-state index contributed by atoms with van der Waals surface area (Å²) in [6.45, 7) is 6.28. The Hall–Kier alpha value is -2.13. The van der Waals surface area contributed by atoms with Crippen molar-refractivity contribution in [2.45, 2.75) is 32.2 Å². The van der Waals surface area contributed by atoms with E-state index in [9.17, 15) is 4.79 Å². The maximum atomic E-state index is 12.0. The molecule has 0 saturated heterocycles. The van der Waals surface area contributed by atoms with Gasteiger partial charge in [0, 0.05) is 37.7 Å². The number of nitrogens with one attached hydrogen (secondary N) is 3. The molecule has 0 radical (unpaired) electrons. The summed E-state index contributed by atoms with van der Waals surface area (Å²) in [5.74, 6) is 0.988. The first kappa shape index (κ1) is 25.1. The van der Waals surface area contributed by atoms with E-state index in [1.165, 1.54) is 11.1 Å². The van der Waals surface area contributed by atoms with Crippen LogP contribution in [0.4, 0.5) is 5.69 Å². The molecule has 2 aromatic rings. The monoisotopic (exact) mass is 535 g/mol. The molecule has 7 heteroatoms. The van der Waals surface area contributed by atoms with Crippen molar-refractivity contribution < 1.29 is 4.79 Å². The predicted octanol–water partition coefficient (Wildman–Crippen LogP) is 3.81. The summed E-state index contributed by atoms with van der Waals surface area (Å²) >= 11 is 0. The minimum Gasteiger partial charge on any atom is -0.357 e. The maximum absolute atomic E-state index is 12.0. The van der Waals surface area contributed by atoms with Crippen molar-refractivity contribution in [1.82, 2.24) is 15.5 Å². The first-order valence-corrected chi connectivity index (χ1v) is 10.8. The van der Waals surface area contributed by atoms with E-state index >= 15 is 0 Å². The van der Waals surface area contributed by atoms with Gasteiger partial charge in [-0.05, 0) is 44.1 Å². The van der Waals surface area contributed by atoms with Gasteiger partial charge in [-0.25, -0.2) is 0 Å². The molecule has 3 rings (SSSR count). The largest absolute Gasteiger partial charge is 0.357 e. The molecule has 1 aliphatic heterocycles. The van der Waals surface area contributed by atoms with Gasteiger partial charge in [0.05, 0.1) is 6.54 Å². The number of fused-ring (bicyclic) bond motifs is 1. The van der Waals surface area contributed by atoms with Crippen LogP contribution in [0, 0.1) is 0 Å². The SMILES string of the molecule is CCNC(=NCC1CC(=O)Nc2ccccc21)NCCCN(C)Cc1ccccc1.I. The van der Waals surface area contributed by atoms with Crippen molar-refractivity contribution in [1.29, 1.82) is 0 Å². The highest BCUT2D eigenvalue weighted by Crippen LogP contribution is 2.31. The highest BCUT2D eigenvalue weighted by molar-refractivity contribution is 14.0. The van der Waals surface area contributed by atoms with Gasteiger partial charge in [-0.2, -0.15) is 0 Å². The minimum atomic E-state index is 0. The number of rotatable bonds is 9. The van der Waals surface area contributed by atoms with Crippen LogP contribution in [0.5, 0.6) is 0 Å². The van der Waals surface area contributed by atoms with Crippen LogP contribution < -0.4 is 16.0 Å². The number of aliphatic imine (C=N–C) groups is 1. The Labute approximate surface area is 202 Å². The number of hydrogen-bond acceptors (Lipinski definition) is 3. The summed E-state index contributed by atoms with van der Waals surface area (Å²) in [6.07, 6.45) is 1.51. The number of para-hydroxylation sites is 1. The quantitative estimate of drug-likeness (QED) is 0.198. The Morgan fingerprint density at radius 3 is 2.65 bits per heavy atom. The number of anilines is 1. The van der Waals surface area contributed by atoms with Gasteiger partial charge in [0.25, 0.3) is 0 Å². The van der Waals surface area contributed by atoms with Crippen molar-refractivity contribution in [2.75, 3.05) is 38.5 Å². The van der Waals surface area contributed by atoms with Gasteiger partial charge in [0.2, 0.25) is 5.91 Å². The number of guanidine groups is 1. The van der Waals surface area contributed by atoms with E-state index in [2.05, 4.69) is 65.2 Å². The van der Waals surface area contributed by atoms with Gasteiger partial charge >= 0.3 is 0 Å². The van der Waals surface area contributed by atoms with Crippen LogP contribution in [0.1, 0.15) is 36.8 Å². The molecule has 3 N–H and O–H groups in total. The van der Waals surface area contributed by atoms with E-state index in [1.807, 2.05) is 24.3 Å². The summed E-state index contributed by atoms with van der Waals surface area (Å²) in [5, 5.41) is 9.69. The molecule has 31 heavy (non-hydrogen) atoms. The summed E-state index contributed by atoms with van der Waals surface area (Å²) in [6, 6.07) is 18.5. The number of nitrogens with zero attached hydrogens (tertiary/aromatic N) is 2. The molecule has 1 unspecified atom stereocenters. The molecule has 0 bridgehead atoms. The molecule has 1 aliphatic rings. The zero-order valence-electron chi connectivity index (χ0n) is 18.4. The van der Waals surface area contributed by atoms with E-state index in [0.717, 1.165) is 44.2 Å². The zero-order chi connectivity index (χ0) is 21.2. The zero-order valence-corrected chi connectivity index (χ0v) is 20.8. The lowest BCUT2D eigenvalue weighted by Gasteiger charge is -2.24. The van der Waals surface area contributed by atoms with E-state index in [0.29, 0.717) is 13.0 Å². The van der Waals surface area contributed by atoms with E-state index in [-0.39, 0.29) is 35.8 Å². The Kier molecular flexibility index (Phi) is 10.8. The number of halogens is 1. The van der Waals surface area contributed by atoms with Crippen molar-refractivity contribution in [3.63, 3.8) is 0 Å². The highest BCUT2D eigenvalue weighted by Gasteiger charge is 2.24. The summed E-state index contributed by atoms with van der Waals surface area (Å²) in [7, 11) is 2.15. The van der Waals surface area contributed by atoms with Gasteiger partial charge < -0.3 is 20.9 Å². The molecule has 1 heterocycles. The Bertz CT molecular complexity index is 843. The Morgan fingerprint density at radius 1 is 1.13 bits per heavy atom. The van der Waals surface area contributed by atoms with Crippen LogP contribution >= 0.6 is 24.0 Å². The topological polar surface area (TPSA) is 68.8 Å². The molecular weight excluding hydrogens is 501 g/mol. The number of carbonyl (C=O) groups excluding carboxylic acids is 1. The smallest absolute Gasteiger partial charge is 0.225 e. The number of hydrogen-bond donors (Lipinski definition) is 3. The first-order chi connectivity index (χ1) is 14.7. The Morgan fingerprint density at radius 2 is 1.87 bits per heavy atom. The van der Waals surface area contributed by atoms with Gasteiger partial charge in [0.15, 0.2) is 5.96 Å². The fourth-order valence-corrected chi connectivity index (χ4v) is 3.74. The fraction of sp³-hybridized carbons (Fsp3) is 0.417. The molecule has 6 nitrogen and oxygen atoms in total. The average Bonchev–Trinajstić information content (AvgIpc) is 2.75. The predicted molar refractivity (Wildman–Crippen MR) is 139 cm³/mol. The summed E-state index contributed by atoms with van der Waals surface area (Å²) in [4.78, 5) is 19.1. The van der Waals surface area contributed by atoms with Gasteiger partial charge in [-0.15, -0.1) is 24.0 Å². The van der Waals surface area contributed by atoms with Crippen LogP contribution in [0.3, 0.4) is 0 Å². The van der Waals surface area contributed by atoms with Crippen molar-refractivity contribution in [2.24, 2.45) is 4.99 Å². The first-order valence-electron chi connectivity index (χ1n) is 10.8. The highest BCUT2D eigenvalue weighted by atomic mass is 127. The van der Waals surface area contributed by atoms with Crippen LogP contribution in [0.2, 0.25) is 0 Å². The Balaban J connectivity index is 0.00000341. The standard InChI is InChI=1S/C24H33N5O.HI/c1-3-25-24(26-14-9-15-29(2)18-19-10-5-4-6-11-19)27-17-20-16-23(30)28-22-13-8-7-12-21(20)22;/h4-8,10-13,20H,3,9,14-18H2,1-2H3,(H,28,30)(H2,25,26,27);1H. The number of carbonyl (C=O) groups is 1. The second-order valence-corrected chi connectivity index (χ2v) is 7.76. The van der Waals surface area contributed by atoms with Crippen molar-refractivity contribution in [3.05, 3.63) is 65.7 Å². The second-order valence-electron chi connectivity index (χ2n) is 7.76. The third kappa shape index (κ3) is 8.14. The van der Waals surface area contributed by atoms with Crippen molar-refractivity contribution >= 4 is 41.5 Å². The lowest BCUT2D eigenvalue weighted by atomic mass is 9.91. The average molecular weight is 535 g/mol. The molecule has 2 aromatic carbocycles. The second kappa shape index (κ2) is 13.3.